The van der Waals surface area contributed by atoms with E-state index in [2.05, 4.69) is 20.1 Å². The van der Waals surface area contributed by atoms with Gasteiger partial charge in [-0.3, -0.25) is 9.59 Å². The molecule has 6 nitrogen and oxygen atoms in total. The predicted octanol–water partition coefficient (Wildman–Crippen LogP) is -0.216. The van der Waals surface area contributed by atoms with E-state index >= 15 is 0 Å². The molecule has 2 unspecified atom stereocenters. The maximum absolute atomic E-state index is 11.1. The molecule has 18 heavy (non-hydrogen) atoms. The second-order valence-corrected chi connectivity index (χ2v) is 4.26. The standard InChI is InChI=1S/C12H24N2O4/c1-9(11(15)17-3)7-13-5-6-14-8-10(2)12(16)18-4/h9-10,13-14H,5-8H2,1-4H3. The molecule has 0 heterocycles. The van der Waals surface area contributed by atoms with Crippen LogP contribution in [0.15, 0.2) is 0 Å². The Morgan fingerprint density at radius 3 is 1.50 bits per heavy atom. The quantitative estimate of drug-likeness (QED) is 0.441. The molecule has 0 aromatic rings. The van der Waals surface area contributed by atoms with Crippen molar-refractivity contribution in [2.45, 2.75) is 13.8 Å². The number of ether oxygens (including phenoxy) is 2. The Bertz CT molecular complexity index is 232. The average molecular weight is 260 g/mol. The highest BCUT2D eigenvalue weighted by molar-refractivity contribution is 5.72. The van der Waals surface area contributed by atoms with Gasteiger partial charge in [0.2, 0.25) is 0 Å². The highest BCUT2D eigenvalue weighted by Crippen LogP contribution is 1.95. The Morgan fingerprint density at radius 2 is 1.22 bits per heavy atom. The summed E-state index contributed by atoms with van der Waals surface area (Å²) in [5.74, 6) is -0.725. The average Bonchev–Trinajstić information content (AvgIpc) is 2.39. The Hall–Kier alpha value is -1.14. The molecule has 106 valence electrons. The molecule has 0 aromatic heterocycles. The fraction of sp³-hybridized carbons (Fsp3) is 0.833. The van der Waals surface area contributed by atoms with E-state index in [0.29, 0.717) is 13.1 Å². The van der Waals surface area contributed by atoms with Crippen LogP contribution in [0.25, 0.3) is 0 Å². The van der Waals surface area contributed by atoms with E-state index in [-0.39, 0.29) is 23.8 Å². The topological polar surface area (TPSA) is 76.7 Å². The lowest BCUT2D eigenvalue weighted by molar-refractivity contribution is -0.145. The first-order valence-corrected chi connectivity index (χ1v) is 6.10. The maximum Gasteiger partial charge on any atom is 0.309 e. The molecule has 0 saturated carbocycles. The van der Waals surface area contributed by atoms with Crippen LogP contribution in [0.2, 0.25) is 0 Å². The molecule has 2 atom stereocenters. The number of nitrogens with one attached hydrogen (secondary N) is 2. The molecule has 0 aliphatic carbocycles. The highest BCUT2D eigenvalue weighted by Gasteiger charge is 2.13. The number of carbonyl (C=O) groups is 2. The van der Waals surface area contributed by atoms with Crippen LogP contribution in [0.4, 0.5) is 0 Å². The van der Waals surface area contributed by atoms with Crippen molar-refractivity contribution in [1.82, 2.24) is 10.6 Å². The highest BCUT2D eigenvalue weighted by atomic mass is 16.5. The lowest BCUT2D eigenvalue weighted by Crippen LogP contribution is -2.35. The molecule has 6 heteroatoms. The van der Waals surface area contributed by atoms with Crippen molar-refractivity contribution in [2.24, 2.45) is 11.8 Å². The molecule has 0 radical (unpaired) electrons. The first-order chi connectivity index (χ1) is 8.52. The van der Waals surface area contributed by atoms with Crippen LogP contribution in [0.5, 0.6) is 0 Å². The monoisotopic (exact) mass is 260 g/mol. The van der Waals surface area contributed by atoms with Gasteiger partial charge < -0.3 is 20.1 Å². The van der Waals surface area contributed by atoms with Gasteiger partial charge in [0.1, 0.15) is 0 Å². The van der Waals surface area contributed by atoms with E-state index < -0.39 is 0 Å². The zero-order chi connectivity index (χ0) is 14.0. The van der Waals surface area contributed by atoms with Crippen molar-refractivity contribution < 1.29 is 19.1 Å². The minimum atomic E-state index is -0.213. The van der Waals surface area contributed by atoms with Crippen molar-refractivity contribution in [3.8, 4) is 0 Å². The summed E-state index contributed by atoms with van der Waals surface area (Å²) in [6.45, 7) is 6.25. The van der Waals surface area contributed by atoms with E-state index in [9.17, 15) is 9.59 Å². The van der Waals surface area contributed by atoms with Gasteiger partial charge in [-0.05, 0) is 0 Å². The summed E-state index contributed by atoms with van der Waals surface area (Å²) in [5.41, 5.74) is 0. The fourth-order valence-corrected chi connectivity index (χ4v) is 1.38. The van der Waals surface area contributed by atoms with Crippen LogP contribution < -0.4 is 10.6 Å². The molecule has 0 aromatic carbocycles. The number of carbonyl (C=O) groups excluding carboxylic acids is 2. The second-order valence-electron chi connectivity index (χ2n) is 4.26. The first kappa shape index (κ1) is 16.9. The van der Waals surface area contributed by atoms with Crippen molar-refractivity contribution in [1.29, 1.82) is 0 Å². The smallest absolute Gasteiger partial charge is 0.309 e. The zero-order valence-electron chi connectivity index (χ0n) is 11.6. The molecule has 0 fully saturated rings. The van der Waals surface area contributed by atoms with Crippen LogP contribution in [-0.2, 0) is 19.1 Å². The molecule has 0 bridgehead atoms. The van der Waals surface area contributed by atoms with Gasteiger partial charge in [0, 0.05) is 26.2 Å². The van der Waals surface area contributed by atoms with Crippen LogP contribution in [0.3, 0.4) is 0 Å². The Morgan fingerprint density at radius 1 is 0.889 bits per heavy atom. The number of rotatable bonds is 9. The Labute approximate surface area is 108 Å². The van der Waals surface area contributed by atoms with Crippen molar-refractivity contribution in [3.63, 3.8) is 0 Å². The molecule has 0 rings (SSSR count). The minimum absolute atomic E-state index is 0.149. The largest absolute Gasteiger partial charge is 0.469 e. The normalized spacial score (nSPS) is 13.8. The molecule has 0 amide bonds. The third-order valence-electron chi connectivity index (χ3n) is 2.59. The summed E-state index contributed by atoms with van der Waals surface area (Å²) >= 11 is 0. The number of hydrogen-bond acceptors (Lipinski definition) is 6. The van der Waals surface area contributed by atoms with Crippen LogP contribution in [0, 0.1) is 11.8 Å². The van der Waals surface area contributed by atoms with E-state index in [4.69, 9.17) is 0 Å². The second kappa shape index (κ2) is 9.85. The molecule has 2 N–H and O–H groups in total. The lowest BCUT2D eigenvalue weighted by Gasteiger charge is -2.12. The summed E-state index contributed by atoms with van der Waals surface area (Å²) in [5, 5.41) is 6.28. The van der Waals surface area contributed by atoms with Crippen LogP contribution in [-0.4, -0.2) is 52.3 Å². The van der Waals surface area contributed by atoms with Crippen molar-refractivity contribution >= 4 is 11.9 Å². The van der Waals surface area contributed by atoms with Crippen LogP contribution in [0.1, 0.15) is 13.8 Å². The van der Waals surface area contributed by atoms with E-state index in [1.54, 1.807) is 0 Å². The minimum Gasteiger partial charge on any atom is -0.469 e. The van der Waals surface area contributed by atoms with Gasteiger partial charge in [-0.1, -0.05) is 13.8 Å². The lowest BCUT2D eigenvalue weighted by atomic mass is 10.2. The van der Waals surface area contributed by atoms with Gasteiger partial charge in [0.05, 0.1) is 26.1 Å². The molecular weight excluding hydrogens is 236 g/mol. The summed E-state index contributed by atoms with van der Waals surface area (Å²) in [6, 6.07) is 0. The molecular formula is C12H24N2O4. The summed E-state index contributed by atoms with van der Waals surface area (Å²) in [6.07, 6.45) is 0. The molecule has 0 spiro atoms. The Balaban J connectivity index is 3.46. The number of methoxy groups -OCH3 is 2. The van der Waals surface area contributed by atoms with E-state index in [1.807, 2.05) is 13.8 Å². The number of esters is 2. The summed E-state index contributed by atoms with van der Waals surface area (Å²) in [7, 11) is 2.77. The van der Waals surface area contributed by atoms with Gasteiger partial charge in [-0.25, -0.2) is 0 Å². The fourth-order valence-electron chi connectivity index (χ4n) is 1.38. The van der Waals surface area contributed by atoms with Gasteiger partial charge >= 0.3 is 11.9 Å². The van der Waals surface area contributed by atoms with Gasteiger partial charge in [-0.2, -0.15) is 0 Å². The Kier molecular flexibility index (Phi) is 9.22. The third kappa shape index (κ3) is 7.24. The summed E-state index contributed by atoms with van der Waals surface area (Å²) < 4.78 is 9.23. The zero-order valence-corrected chi connectivity index (χ0v) is 11.6. The SMILES string of the molecule is COC(=O)C(C)CNCCNCC(C)C(=O)OC. The third-order valence-corrected chi connectivity index (χ3v) is 2.59. The first-order valence-electron chi connectivity index (χ1n) is 6.10. The molecule has 0 saturated heterocycles. The van der Waals surface area contributed by atoms with Gasteiger partial charge in [0.25, 0.3) is 0 Å². The van der Waals surface area contributed by atoms with Gasteiger partial charge in [0.15, 0.2) is 0 Å². The van der Waals surface area contributed by atoms with E-state index in [1.165, 1.54) is 14.2 Å². The predicted molar refractivity (Wildman–Crippen MR) is 68.1 cm³/mol. The van der Waals surface area contributed by atoms with Crippen LogP contribution >= 0.6 is 0 Å². The molecule has 0 aliphatic rings. The molecule has 0 aliphatic heterocycles. The van der Waals surface area contributed by atoms with E-state index in [0.717, 1.165) is 13.1 Å². The van der Waals surface area contributed by atoms with Crippen molar-refractivity contribution in [2.75, 3.05) is 40.4 Å². The summed E-state index contributed by atoms with van der Waals surface area (Å²) in [4.78, 5) is 22.2. The van der Waals surface area contributed by atoms with Gasteiger partial charge in [-0.15, -0.1) is 0 Å². The number of hydrogen-bond donors (Lipinski definition) is 2. The maximum atomic E-state index is 11.1. The van der Waals surface area contributed by atoms with Crippen molar-refractivity contribution in [3.05, 3.63) is 0 Å².